The van der Waals surface area contributed by atoms with Gasteiger partial charge in [0.15, 0.2) is 0 Å². The Kier molecular flexibility index (Phi) is 4.37. The molecule has 5 heteroatoms. The third-order valence-corrected chi connectivity index (χ3v) is 2.54. The van der Waals surface area contributed by atoms with Crippen molar-refractivity contribution < 1.29 is 14.3 Å². The molecule has 17 heavy (non-hydrogen) atoms. The van der Waals surface area contributed by atoms with Gasteiger partial charge in [0.1, 0.15) is 6.10 Å². The predicted molar refractivity (Wildman–Crippen MR) is 64.6 cm³/mol. The maximum absolute atomic E-state index is 11.8. The Hall–Kier alpha value is -1.26. The molecule has 1 rings (SSSR count). The average Bonchev–Trinajstić information content (AvgIpc) is 2.15. The van der Waals surface area contributed by atoms with Crippen LogP contribution in [0.25, 0.3) is 0 Å². The first-order chi connectivity index (χ1) is 7.78. The van der Waals surface area contributed by atoms with Crippen molar-refractivity contribution in [1.29, 1.82) is 0 Å². The fourth-order valence-corrected chi connectivity index (χ4v) is 1.81. The summed E-state index contributed by atoms with van der Waals surface area (Å²) in [6, 6.07) is -0.0428. The zero-order valence-corrected chi connectivity index (χ0v) is 11.1. The first kappa shape index (κ1) is 13.8. The summed E-state index contributed by atoms with van der Waals surface area (Å²) >= 11 is 0. The van der Waals surface area contributed by atoms with Crippen LogP contribution < -0.4 is 5.32 Å². The summed E-state index contributed by atoms with van der Waals surface area (Å²) in [6.07, 6.45) is 1.40. The maximum Gasteiger partial charge on any atom is 0.317 e. The van der Waals surface area contributed by atoms with Crippen molar-refractivity contribution in [3.8, 4) is 0 Å². The molecule has 1 fully saturated rings. The summed E-state index contributed by atoms with van der Waals surface area (Å²) in [5.74, 6) is -0.248. The summed E-state index contributed by atoms with van der Waals surface area (Å²) in [4.78, 5) is 24.4. The standard InChI is InChI=1S/C12H22N2O3/c1-9(15)17-10-5-7-14(8-6-10)11(16)13-12(2,3)4/h10H,5-8H2,1-4H3,(H,13,16). The summed E-state index contributed by atoms with van der Waals surface area (Å²) in [5, 5.41) is 2.92. The summed E-state index contributed by atoms with van der Waals surface area (Å²) in [6.45, 7) is 8.56. The Morgan fingerprint density at radius 2 is 1.76 bits per heavy atom. The number of carbonyl (C=O) groups is 2. The quantitative estimate of drug-likeness (QED) is 0.709. The van der Waals surface area contributed by atoms with Gasteiger partial charge in [-0.2, -0.15) is 0 Å². The Morgan fingerprint density at radius 3 is 2.18 bits per heavy atom. The van der Waals surface area contributed by atoms with Gasteiger partial charge in [-0.1, -0.05) is 0 Å². The third kappa shape index (κ3) is 5.06. The third-order valence-electron chi connectivity index (χ3n) is 2.54. The highest BCUT2D eigenvalue weighted by atomic mass is 16.5. The second kappa shape index (κ2) is 5.38. The van der Waals surface area contributed by atoms with Crippen molar-refractivity contribution in [2.24, 2.45) is 0 Å². The van der Waals surface area contributed by atoms with Crippen LogP contribution in [0, 0.1) is 0 Å². The first-order valence-electron chi connectivity index (χ1n) is 6.02. The molecule has 0 aromatic carbocycles. The molecule has 98 valence electrons. The molecule has 1 saturated heterocycles. The van der Waals surface area contributed by atoms with Crippen LogP contribution in [0.5, 0.6) is 0 Å². The lowest BCUT2D eigenvalue weighted by Crippen LogP contribution is -2.51. The van der Waals surface area contributed by atoms with E-state index in [4.69, 9.17) is 4.74 Å². The SMILES string of the molecule is CC(=O)OC1CCN(C(=O)NC(C)(C)C)CC1. The molecule has 1 N–H and O–H groups in total. The number of urea groups is 1. The normalized spacial score (nSPS) is 17.8. The van der Waals surface area contributed by atoms with Gasteiger partial charge in [-0.3, -0.25) is 4.79 Å². The molecule has 2 amide bonds. The van der Waals surface area contributed by atoms with Crippen LogP contribution in [0.3, 0.4) is 0 Å². The molecule has 0 aromatic heterocycles. The van der Waals surface area contributed by atoms with E-state index in [0.717, 1.165) is 12.8 Å². The lowest BCUT2D eigenvalue weighted by molar-refractivity contribution is -0.148. The lowest BCUT2D eigenvalue weighted by Gasteiger charge is -2.33. The second-order valence-electron chi connectivity index (χ2n) is 5.48. The first-order valence-corrected chi connectivity index (χ1v) is 6.02. The fourth-order valence-electron chi connectivity index (χ4n) is 1.81. The van der Waals surface area contributed by atoms with Crippen molar-refractivity contribution >= 4 is 12.0 Å². The van der Waals surface area contributed by atoms with Gasteiger partial charge in [0.25, 0.3) is 0 Å². The number of ether oxygens (including phenoxy) is 1. The molecule has 0 atom stereocenters. The summed E-state index contributed by atoms with van der Waals surface area (Å²) in [7, 11) is 0. The Balaban J connectivity index is 2.36. The van der Waals surface area contributed by atoms with Gasteiger partial charge in [0.05, 0.1) is 0 Å². The van der Waals surface area contributed by atoms with E-state index in [-0.39, 0.29) is 23.6 Å². The van der Waals surface area contributed by atoms with E-state index in [1.54, 1.807) is 4.90 Å². The zero-order chi connectivity index (χ0) is 13.1. The molecule has 0 aliphatic carbocycles. The van der Waals surface area contributed by atoms with E-state index in [2.05, 4.69) is 5.32 Å². The summed E-state index contributed by atoms with van der Waals surface area (Å²) < 4.78 is 5.12. The van der Waals surface area contributed by atoms with Gasteiger partial charge in [-0.05, 0) is 20.8 Å². The van der Waals surface area contributed by atoms with Gasteiger partial charge in [-0.15, -0.1) is 0 Å². The molecule has 0 aromatic rings. The average molecular weight is 242 g/mol. The number of hydrogen-bond acceptors (Lipinski definition) is 3. The van der Waals surface area contributed by atoms with Crippen LogP contribution in [-0.2, 0) is 9.53 Å². The number of likely N-dealkylation sites (tertiary alicyclic amines) is 1. The van der Waals surface area contributed by atoms with Crippen LogP contribution >= 0.6 is 0 Å². The van der Waals surface area contributed by atoms with Gasteiger partial charge in [0, 0.05) is 38.4 Å². The monoisotopic (exact) mass is 242 g/mol. The van der Waals surface area contributed by atoms with E-state index in [1.165, 1.54) is 6.92 Å². The number of nitrogens with zero attached hydrogens (tertiary/aromatic N) is 1. The smallest absolute Gasteiger partial charge is 0.317 e. The minimum Gasteiger partial charge on any atom is -0.462 e. The van der Waals surface area contributed by atoms with Gasteiger partial charge < -0.3 is 15.0 Å². The largest absolute Gasteiger partial charge is 0.462 e. The van der Waals surface area contributed by atoms with E-state index in [9.17, 15) is 9.59 Å². The summed E-state index contributed by atoms with van der Waals surface area (Å²) in [5.41, 5.74) is -0.218. The van der Waals surface area contributed by atoms with Crippen LogP contribution in [0.2, 0.25) is 0 Å². The molecule has 0 bridgehead atoms. The van der Waals surface area contributed by atoms with Crippen LogP contribution in [0.4, 0.5) is 4.79 Å². The number of nitrogens with one attached hydrogen (secondary N) is 1. The lowest BCUT2D eigenvalue weighted by atomic mass is 10.1. The Bertz CT molecular complexity index is 289. The molecule has 0 unspecified atom stereocenters. The highest BCUT2D eigenvalue weighted by molar-refractivity contribution is 5.75. The topological polar surface area (TPSA) is 58.6 Å². The van der Waals surface area contributed by atoms with E-state index in [0.29, 0.717) is 13.1 Å². The molecule has 1 heterocycles. The number of esters is 1. The van der Waals surface area contributed by atoms with Crippen molar-refractivity contribution in [3.63, 3.8) is 0 Å². The van der Waals surface area contributed by atoms with Gasteiger partial charge in [0.2, 0.25) is 0 Å². The van der Waals surface area contributed by atoms with E-state index < -0.39 is 0 Å². The fraction of sp³-hybridized carbons (Fsp3) is 0.833. The van der Waals surface area contributed by atoms with E-state index >= 15 is 0 Å². The second-order valence-corrected chi connectivity index (χ2v) is 5.48. The molecule has 5 nitrogen and oxygen atoms in total. The molecule has 0 spiro atoms. The molecule has 0 saturated carbocycles. The highest BCUT2D eigenvalue weighted by Crippen LogP contribution is 2.14. The number of carbonyl (C=O) groups excluding carboxylic acids is 2. The molecular weight excluding hydrogens is 220 g/mol. The Morgan fingerprint density at radius 1 is 1.24 bits per heavy atom. The van der Waals surface area contributed by atoms with Gasteiger partial charge >= 0.3 is 12.0 Å². The molecule has 1 aliphatic rings. The number of piperidine rings is 1. The highest BCUT2D eigenvalue weighted by Gasteiger charge is 2.26. The molecular formula is C12H22N2O3. The minimum absolute atomic E-state index is 0.0359. The van der Waals surface area contributed by atoms with Crippen molar-refractivity contribution in [3.05, 3.63) is 0 Å². The van der Waals surface area contributed by atoms with Gasteiger partial charge in [-0.25, -0.2) is 4.79 Å². The van der Waals surface area contributed by atoms with Crippen molar-refractivity contribution in [2.45, 2.75) is 52.2 Å². The van der Waals surface area contributed by atoms with Crippen LogP contribution in [0.15, 0.2) is 0 Å². The van der Waals surface area contributed by atoms with Crippen molar-refractivity contribution in [1.82, 2.24) is 10.2 Å². The zero-order valence-electron chi connectivity index (χ0n) is 11.1. The van der Waals surface area contributed by atoms with E-state index in [1.807, 2.05) is 20.8 Å². The predicted octanol–water partition coefficient (Wildman–Crippen LogP) is 1.52. The number of rotatable bonds is 1. The molecule has 0 radical (unpaired) electrons. The van der Waals surface area contributed by atoms with Crippen LogP contribution in [-0.4, -0.2) is 41.6 Å². The van der Waals surface area contributed by atoms with Crippen molar-refractivity contribution in [2.75, 3.05) is 13.1 Å². The maximum atomic E-state index is 11.8. The minimum atomic E-state index is -0.248. The Labute approximate surface area is 102 Å². The number of hydrogen-bond donors (Lipinski definition) is 1. The number of amides is 2. The molecule has 1 aliphatic heterocycles. The van der Waals surface area contributed by atoms with Crippen LogP contribution in [0.1, 0.15) is 40.5 Å².